The second-order valence-electron chi connectivity index (χ2n) is 5.66. The molecular weight excluding hydrogens is 340 g/mol. The van der Waals surface area contributed by atoms with Gasteiger partial charge in [0.25, 0.3) is 0 Å². The largest absolute Gasteiger partial charge is 0.426 e. The number of aldehydes is 1. The summed E-state index contributed by atoms with van der Waals surface area (Å²) in [6.45, 7) is 6.82. The molecule has 0 atom stereocenters. The second kappa shape index (κ2) is 13.4. The highest BCUT2D eigenvalue weighted by atomic mass is 16.6. The van der Waals surface area contributed by atoms with Gasteiger partial charge in [0.15, 0.2) is 0 Å². The third-order valence-electron chi connectivity index (χ3n) is 3.46. The van der Waals surface area contributed by atoms with Crippen LogP contribution in [-0.2, 0) is 23.7 Å². The molecule has 0 aliphatic carbocycles. The third kappa shape index (κ3) is 9.05. The number of rotatable bonds is 14. The molecule has 0 unspecified atom stereocenters. The zero-order valence-electron chi connectivity index (χ0n) is 15.7. The molecule has 0 heterocycles. The topological polar surface area (TPSA) is 80.3 Å². The number of esters is 1. The summed E-state index contributed by atoms with van der Waals surface area (Å²) in [5, 5.41) is 0. The van der Waals surface area contributed by atoms with Crippen molar-refractivity contribution in [3.8, 4) is 5.75 Å². The van der Waals surface area contributed by atoms with Crippen LogP contribution in [0.2, 0.25) is 0 Å². The third-order valence-corrected chi connectivity index (χ3v) is 3.46. The highest BCUT2D eigenvalue weighted by Gasteiger charge is 2.11. The first-order valence-electron chi connectivity index (χ1n) is 8.57. The summed E-state index contributed by atoms with van der Waals surface area (Å²) in [7, 11) is 1.62. The minimum absolute atomic E-state index is 0.147. The summed E-state index contributed by atoms with van der Waals surface area (Å²) in [4.78, 5) is 22.7. The maximum Gasteiger partial charge on any atom is 0.313 e. The standard InChI is InChI=1S/C19H28O7/c1-15-12-17(14-20)13-16(2)19(15)26-18(21)4-5-23-8-9-25-11-10-24-7-6-22-3/h12-14H,4-11H2,1-3H3. The van der Waals surface area contributed by atoms with Crippen LogP contribution in [0.4, 0.5) is 0 Å². The Hall–Kier alpha value is -1.80. The molecule has 0 bridgehead atoms. The molecule has 7 nitrogen and oxygen atoms in total. The van der Waals surface area contributed by atoms with Crippen LogP contribution < -0.4 is 4.74 Å². The van der Waals surface area contributed by atoms with Gasteiger partial charge in [0.1, 0.15) is 12.0 Å². The van der Waals surface area contributed by atoms with Crippen LogP contribution in [0.3, 0.4) is 0 Å². The Morgan fingerprint density at radius 2 is 1.38 bits per heavy atom. The summed E-state index contributed by atoms with van der Waals surface area (Å²) in [6.07, 6.45) is 0.918. The summed E-state index contributed by atoms with van der Waals surface area (Å²) in [5.41, 5.74) is 2.07. The quantitative estimate of drug-likeness (QED) is 0.215. The van der Waals surface area contributed by atoms with E-state index in [1.165, 1.54) is 0 Å². The Bertz CT molecular complexity index is 534. The predicted molar refractivity (Wildman–Crippen MR) is 95.9 cm³/mol. The van der Waals surface area contributed by atoms with Crippen molar-refractivity contribution in [2.75, 3.05) is 53.4 Å². The van der Waals surface area contributed by atoms with Crippen molar-refractivity contribution >= 4 is 12.3 Å². The summed E-state index contributed by atoms with van der Waals surface area (Å²) in [5.74, 6) is 0.125. The van der Waals surface area contributed by atoms with Gasteiger partial charge in [0.2, 0.25) is 0 Å². The van der Waals surface area contributed by atoms with Crippen molar-refractivity contribution in [2.45, 2.75) is 20.3 Å². The van der Waals surface area contributed by atoms with Gasteiger partial charge in [-0.3, -0.25) is 9.59 Å². The van der Waals surface area contributed by atoms with Gasteiger partial charge < -0.3 is 23.7 Å². The zero-order valence-corrected chi connectivity index (χ0v) is 15.7. The minimum atomic E-state index is -0.373. The van der Waals surface area contributed by atoms with Crippen LogP contribution in [0.15, 0.2) is 12.1 Å². The van der Waals surface area contributed by atoms with Crippen molar-refractivity contribution in [1.82, 2.24) is 0 Å². The molecular formula is C19H28O7. The molecule has 1 aromatic rings. The first-order chi connectivity index (χ1) is 12.6. The van der Waals surface area contributed by atoms with E-state index in [9.17, 15) is 9.59 Å². The number of hydrogen-bond acceptors (Lipinski definition) is 7. The maximum atomic E-state index is 11.9. The zero-order chi connectivity index (χ0) is 19.2. The molecule has 0 spiro atoms. The van der Waals surface area contributed by atoms with Crippen molar-refractivity contribution in [3.05, 3.63) is 28.8 Å². The number of aryl methyl sites for hydroxylation is 2. The van der Waals surface area contributed by atoms with E-state index in [0.717, 1.165) is 17.4 Å². The van der Waals surface area contributed by atoms with E-state index in [1.807, 2.05) is 0 Å². The van der Waals surface area contributed by atoms with Gasteiger partial charge in [-0.05, 0) is 37.1 Å². The Kier molecular flexibility index (Phi) is 11.5. The molecule has 26 heavy (non-hydrogen) atoms. The molecule has 0 N–H and O–H groups in total. The number of carbonyl (C=O) groups is 2. The highest BCUT2D eigenvalue weighted by Crippen LogP contribution is 2.24. The second-order valence-corrected chi connectivity index (χ2v) is 5.66. The molecule has 0 saturated heterocycles. The highest BCUT2D eigenvalue weighted by molar-refractivity contribution is 5.78. The fraction of sp³-hybridized carbons (Fsp3) is 0.579. The fourth-order valence-corrected chi connectivity index (χ4v) is 2.22. The average Bonchev–Trinajstić information content (AvgIpc) is 2.62. The van der Waals surface area contributed by atoms with Crippen molar-refractivity contribution < 1.29 is 33.3 Å². The van der Waals surface area contributed by atoms with Crippen LogP contribution in [-0.4, -0.2) is 65.6 Å². The van der Waals surface area contributed by atoms with E-state index in [2.05, 4.69) is 0 Å². The van der Waals surface area contributed by atoms with Crippen LogP contribution >= 0.6 is 0 Å². The molecule has 0 amide bonds. The van der Waals surface area contributed by atoms with E-state index in [-0.39, 0.29) is 19.0 Å². The molecule has 0 aliphatic rings. The van der Waals surface area contributed by atoms with Crippen LogP contribution in [0.25, 0.3) is 0 Å². The van der Waals surface area contributed by atoms with Crippen molar-refractivity contribution in [3.63, 3.8) is 0 Å². The Labute approximate surface area is 154 Å². The van der Waals surface area contributed by atoms with Crippen LogP contribution in [0, 0.1) is 13.8 Å². The molecule has 0 fully saturated rings. The number of ether oxygens (including phenoxy) is 5. The van der Waals surface area contributed by atoms with E-state index in [0.29, 0.717) is 51.0 Å². The molecule has 0 saturated carbocycles. The summed E-state index contributed by atoms with van der Waals surface area (Å²) < 4.78 is 26.2. The normalized spacial score (nSPS) is 10.7. The predicted octanol–water partition coefficient (Wildman–Crippen LogP) is 2.11. The van der Waals surface area contributed by atoms with Crippen molar-refractivity contribution in [2.24, 2.45) is 0 Å². The Morgan fingerprint density at radius 1 is 0.885 bits per heavy atom. The van der Waals surface area contributed by atoms with Crippen LogP contribution in [0.1, 0.15) is 27.9 Å². The van der Waals surface area contributed by atoms with E-state index < -0.39 is 0 Å². The minimum Gasteiger partial charge on any atom is -0.426 e. The maximum absolute atomic E-state index is 11.9. The number of hydrogen-bond donors (Lipinski definition) is 0. The smallest absolute Gasteiger partial charge is 0.313 e. The number of methoxy groups -OCH3 is 1. The van der Waals surface area contributed by atoms with Crippen molar-refractivity contribution in [1.29, 1.82) is 0 Å². The lowest BCUT2D eigenvalue weighted by molar-refractivity contribution is -0.135. The lowest BCUT2D eigenvalue weighted by atomic mass is 10.1. The first-order valence-corrected chi connectivity index (χ1v) is 8.57. The van der Waals surface area contributed by atoms with Gasteiger partial charge in [0, 0.05) is 12.7 Å². The van der Waals surface area contributed by atoms with Gasteiger partial charge in [-0.1, -0.05) is 0 Å². The lowest BCUT2D eigenvalue weighted by Crippen LogP contribution is -2.15. The SMILES string of the molecule is COCCOCCOCCOCCC(=O)Oc1c(C)cc(C=O)cc1C. The van der Waals surface area contributed by atoms with Gasteiger partial charge in [-0.2, -0.15) is 0 Å². The molecule has 0 aromatic heterocycles. The summed E-state index contributed by atoms with van der Waals surface area (Å²) in [6, 6.07) is 3.38. The average molecular weight is 368 g/mol. The van der Waals surface area contributed by atoms with Gasteiger partial charge in [-0.25, -0.2) is 0 Å². The lowest BCUT2D eigenvalue weighted by Gasteiger charge is -2.11. The molecule has 146 valence electrons. The number of carbonyl (C=O) groups excluding carboxylic acids is 2. The van der Waals surface area contributed by atoms with Gasteiger partial charge in [-0.15, -0.1) is 0 Å². The van der Waals surface area contributed by atoms with Crippen LogP contribution in [0.5, 0.6) is 5.75 Å². The fourth-order valence-electron chi connectivity index (χ4n) is 2.22. The molecule has 0 radical (unpaired) electrons. The summed E-state index contributed by atoms with van der Waals surface area (Å²) >= 11 is 0. The molecule has 1 aromatic carbocycles. The first kappa shape index (κ1) is 22.2. The Morgan fingerprint density at radius 3 is 1.88 bits per heavy atom. The Balaban J connectivity index is 2.12. The van der Waals surface area contributed by atoms with E-state index in [1.54, 1.807) is 33.1 Å². The molecule has 1 rings (SSSR count). The monoisotopic (exact) mass is 368 g/mol. The van der Waals surface area contributed by atoms with Gasteiger partial charge in [0.05, 0.1) is 52.7 Å². The van der Waals surface area contributed by atoms with E-state index in [4.69, 9.17) is 23.7 Å². The van der Waals surface area contributed by atoms with Gasteiger partial charge >= 0.3 is 5.97 Å². The number of benzene rings is 1. The van der Waals surface area contributed by atoms with E-state index >= 15 is 0 Å². The molecule has 0 aliphatic heterocycles. The molecule has 7 heteroatoms.